The quantitative estimate of drug-likeness (QED) is 0.507. The van der Waals surface area contributed by atoms with Crippen molar-refractivity contribution in [1.29, 1.82) is 0 Å². The largest absolute Gasteiger partial charge is 0.480 e. The van der Waals surface area contributed by atoms with Crippen molar-refractivity contribution in [3.8, 4) is 0 Å². The number of methoxy groups -OCH3 is 1. The predicted molar refractivity (Wildman–Crippen MR) is 68.6 cm³/mol. The molecule has 0 rings (SSSR count). The van der Waals surface area contributed by atoms with Crippen molar-refractivity contribution >= 4 is 17.8 Å². The van der Waals surface area contributed by atoms with E-state index in [4.69, 9.17) is 5.11 Å². The van der Waals surface area contributed by atoms with Gasteiger partial charge in [-0.1, -0.05) is 13.8 Å². The number of rotatable bonds is 9. The van der Waals surface area contributed by atoms with E-state index in [0.717, 1.165) is 0 Å². The molecule has 0 aromatic carbocycles. The second-order valence-electron chi connectivity index (χ2n) is 4.43. The number of amides is 1. The van der Waals surface area contributed by atoms with E-state index in [1.54, 1.807) is 0 Å². The fourth-order valence-corrected chi connectivity index (χ4v) is 1.36. The molecule has 1 amide bonds. The first kappa shape index (κ1) is 17.4. The summed E-state index contributed by atoms with van der Waals surface area (Å²) in [7, 11) is 1.23. The van der Waals surface area contributed by atoms with Gasteiger partial charge in [0.05, 0.1) is 7.11 Å². The number of esters is 1. The van der Waals surface area contributed by atoms with E-state index in [2.05, 4.69) is 15.4 Å². The average molecular weight is 274 g/mol. The maximum atomic E-state index is 11.5. The fraction of sp³-hybridized carbons (Fsp3) is 0.750. The Bertz CT molecular complexity index is 317. The Morgan fingerprint density at radius 2 is 1.84 bits per heavy atom. The van der Waals surface area contributed by atoms with E-state index in [9.17, 15) is 14.4 Å². The van der Waals surface area contributed by atoms with Gasteiger partial charge in [-0.05, 0) is 6.42 Å². The lowest BCUT2D eigenvalue weighted by Gasteiger charge is -2.14. The Morgan fingerprint density at radius 1 is 1.21 bits per heavy atom. The molecule has 0 saturated heterocycles. The highest BCUT2D eigenvalue weighted by molar-refractivity contribution is 5.84. The molecule has 0 aliphatic heterocycles. The minimum Gasteiger partial charge on any atom is -0.480 e. The fourth-order valence-electron chi connectivity index (χ4n) is 1.36. The first-order valence-electron chi connectivity index (χ1n) is 6.19. The number of carboxylic acid groups (broad SMARTS) is 1. The second-order valence-corrected chi connectivity index (χ2v) is 4.43. The summed E-state index contributed by atoms with van der Waals surface area (Å²) in [5.74, 6) is -2.01. The number of carboxylic acids is 1. The summed E-state index contributed by atoms with van der Waals surface area (Å²) in [6.07, 6.45) is 0.170. The molecule has 3 N–H and O–H groups in total. The van der Waals surface area contributed by atoms with Crippen molar-refractivity contribution in [2.24, 2.45) is 0 Å². The van der Waals surface area contributed by atoms with Crippen molar-refractivity contribution in [2.45, 2.75) is 45.2 Å². The second kappa shape index (κ2) is 9.32. The summed E-state index contributed by atoms with van der Waals surface area (Å²) in [4.78, 5) is 33.4. The Kier molecular flexibility index (Phi) is 8.52. The van der Waals surface area contributed by atoms with Gasteiger partial charge in [0.25, 0.3) is 0 Å². The van der Waals surface area contributed by atoms with Gasteiger partial charge in [0.15, 0.2) is 0 Å². The van der Waals surface area contributed by atoms with Crippen LogP contribution in [0.4, 0.5) is 0 Å². The lowest BCUT2D eigenvalue weighted by Crippen LogP contribution is -2.42. The molecule has 0 heterocycles. The molecule has 0 aromatic rings. The van der Waals surface area contributed by atoms with Crippen LogP contribution in [0.25, 0.3) is 0 Å². The van der Waals surface area contributed by atoms with Gasteiger partial charge in [-0.2, -0.15) is 0 Å². The number of carbonyl (C=O) groups excluding carboxylic acids is 2. The smallest absolute Gasteiger partial charge is 0.326 e. The number of nitrogens with one attached hydrogen (secondary N) is 2. The van der Waals surface area contributed by atoms with Crippen molar-refractivity contribution in [3.63, 3.8) is 0 Å². The Labute approximate surface area is 112 Å². The lowest BCUT2D eigenvalue weighted by atomic mass is 10.1. The molecule has 0 aromatic heterocycles. The molecule has 0 saturated carbocycles. The van der Waals surface area contributed by atoms with Gasteiger partial charge in [0, 0.05) is 25.4 Å². The summed E-state index contributed by atoms with van der Waals surface area (Å²) in [6, 6.07) is -0.798. The van der Waals surface area contributed by atoms with E-state index in [-0.39, 0.29) is 31.2 Å². The van der Waals surface area contributed by atoms with Crippen molar-refractivity contribution in [3.05, 3.63) is 0 Å². The molecular weight excluding hydrogens is 252 g/mol. The summed E-state index contributed by atoms with van der Waals surface area (Å²) in [5, 5.41) is 14.4. The van der Waals surface area contributed by atoms with Crippen LogP contribution in [0.5, 0.6) is 0 Å². The summed E-state index contributed by atoms with van der Waals surface area (Å²) in [6.45, 7) is 4.38. The Hall–Kier alpha value is -1.63. The van der Waals surface area contributed by atoms with Crippen LogP contribution in [0.1, 0.15) is 33.1 Å². The predicted octanol–water partition coefficient (Wildman–Crippen LogP) is -0.103. The molecule has 7 nitrogen and oxygen atoms in total. The molecule has 0 aliphatic rings. The van der Waals surface area contributed by atoms with Gasteiger partial charge < -0.3 is 20.5 Å². The highest BCUT2D eigenvalue weighted by atomic mass is 16.5. The molecule has 1 atom stereocenters. The summed E-state index contributed by atoms with van der Waals surface area (Å²) in [5.41, 5.74) is 0. The molecule has 0 radical (unpaired) electrons. The number of ether oxygens (including phenoxy) is 1. The van der Waals surface area contributed by atoms with E-state index in [1.165, 1.54) is 7.11 Å². The normalized spacial score (nSPS) is 12.0. The monoisotopic (exact) mass is 274 g/mol. The van der Waals surface area contributed by atoms with Gasteiger partial charge >= 0.3 is 11.9 Å². The molecule has 0 aliphatic carbocycles. The van der Waals surface area contributed by atoms with E-state index in [1.807, 2.05) is 13.8 Å². The highest BCUT2D eigenvalue weighted by Gasteiger charge is 2.20. The van der Waals surface area contributed by atoms with E-state index < -0.39 is 18.0 Å². The molecule has 0 fully saturated rings. The third kappa shape index (κ3) is 9.01. The van der Waals surface area contributed by atoms with Crippen LogP contribution < -0.4 is 10.6 Å². The van der Waals surface area contributed by atoms with Crippen molar-refractivity contribution < 1.29 is 24.2 Å². The Balaban J connectivity index is 4.08. The van der Waals surface area contributed by atoms with Crippen LogP contribution in [-0.4, -0.2) is 48.7 Å². The van der Waals surface area contributed by atoms with Crippen LogP contribution in [0.2, 0.25) is 0 Å². The highest BCUT2D eigenvalue weighted by Crippen LogP contribution is 2.00. The van der Waals surface area contributed by atoms with E-state index in [0.29, 0.717) is 6.54 Å². The first-order valence-corrected chi connectivity index (χ1v) is 6.19. The van der Waals surface area contributed by atoms with Crippen LogP contribution in [0.3, 0.4) is 0 Å². The van der Waals surface area contributed by atoms with Gasteiger partial charge in [-0.15, -0.1) is 0 Å². The molecule has 0 bridgehead atoms. The maximum absolute atomic E-state index is 11.5. The van der Waals surface area contributed by atoms with Gasteiger partial charge in [0.1, 0.15) is 6.04 Å². The van der Waals surface area contributed by atoms with Gasteiger partial charge in [0.2, 0.25) is 5.91 Å². The number of hydrogen-bond acceptors (Lipinski definition) is 5. The molecule has 7 heteroatoms. The topological polar surface area (TPSA) is 105 Å². The average Bonchev–Trinajstić information content (AvgIpc) is 2.33. The van der Waals surface area contributed by atoms with Crippen LogP contribution >= 0.6 is 0 Å². The number of carbonyl (C=O) groups is 3. The molecule has 0 spiro atoms. The lowest BCUT2D eigenvalue weighted by molar-refractivity contribution is -0.144. The van der Waals surface area contributed by atoms with Crippen LogP contribution in [-0.2, 0) is 19.1 Å². The third-order valence-corrected chi connectivity index (χ3v) is 2.40. The third-order valence-electron chi connectivity index (χ3n) is 2.40. The van der Waals surface area contributed by atoms with Gasteiger partial charge in [-0.25, -0.2) is 4.79 Å². The zero-order valence-corrected chi connectivity index (χ0v) is 11.6. The zero-order valence-electron chi connectivity index (χ0n) is 11.6. The number of hydrogen-bond donors (Lipinski definition) is 3. The Morgan fingerprint density at radius 3 is 2.32 bits per heavy atom. The van der Waals surface area contributed by atoms with Crippen molar-refractivity contribution in [2.75, 3.05) is 13.7 Å². The zero-order chi connectivity index (χ0) is 14.8. The van der Waals surface area contributed by atoms with Crippen molar-refractivity contribution in [1.82, 2.24) is 10.6 Å². The molecule has 19 heavy (non-hydrogen) atoms. The van der Waals surface area contributed by atoms with E-state index >= 15 is 0 Å². The van der Waals surface area contributed by atoms with Crippen LogP contribution in [0.15, 0.2) is 0 Å². The van der Waals surface area contributed by atoms with Crippen LogP contribution in [0, 0.1) is 0 Å². The molecule has 110 valence electrons. The minimum absolute atomic E-state index is 0.0192. The number of aliphatic carboxylic acids is 1. The van der Waals surface area contributed by atoms with Gasteiger partial charge in [-0.3, -0.25) is 9.59 Å². The maximum Gasteiger partial charge on any atom is 0.326 e. The minimum atomic E-state index is -1.16. The summed E-state index contributed by atoms with van der Waals surface area (Å²) < 4.78 is 4.42. The summed E-state index contributed by atoms with van der Waals surface area (Å²) >= 11 is 0. The SMILES string of the molecule is COC(=O)CCC(NC(=O)CCNC(C)C)C(=O)O. The molecular formula is C12H22N2O5. The molecule has 1 unspecified atom stereocenters. The standard InChI is InChI=1S/C12H22N2O5/c1-8(2)13-7-6-10(15)14-9(12(17)18)4-5-11(16)19-3/h8-9,13H,4-7H2,1-3H3,(H,14,15)(H,17,18). The first-order chi connectivity index (χ1) is 8.86.